The van der Waals surface area contributed by atoms with E-state index >= 15 is 0 Å². The number of pyridine rings is 1. The normalized spacial score (nSPS) is 10.8. The number of amides is 1. The average Bonchev–Trinajstić information content (AvgIpc) is 2.64. The van der Waals surface area contributed by atoms with Gasteiger partial charge in [0, 0.05) is 22.6 Å². The fraction of sp³-hybridized carbons (Fsp3) is 0.200. The van der Waals surface area contributed by atoms with Crippen LogP contribution in [0.1, 0.15) is 12.0 Å². The summed E-state index contributed by atoms with van der Waals surface area (Å²) in [5.74, 6) is 1.24. The van der Waals surface area contributed by atoms with Gasteiger partial charge in [0.25, 0.3) is 0 Å². The summed E-state index contributed by atoms with van der Waals surface area (Å²) in [5.41, 5.74) is 2.51. The van der Waals surface area contributed by atoms with E-state index in [1.807, 2.05) is 31.2 Å². The van der Waals surface area contributed by atoms with E-state index in [0.29, 0.717) is 27.9 Å². The molecule has 0 atom stereocenters. The van der Waals surface area contributed by atoms with Crippen LogP contribution < -0.4 is 10.1 Å². The Bertz CT molecular complexity index is 995. The number of hydrogen-bond acceptors (Lipinski definition) is 4. The van der Waals surface area contributed by atoms with Gasteiger partial charge in [0.15, 0.2) is 0 Å². The van der Waals surface area contributed by atoms with Crippen molar-refractivity contribution in [2.45, 2.75) is 18.4 Å². The van der Waals surface area contributed by atoms with Crippen molar-refractivity contribution in [2.24, 2.45) is 0 Å². The fourth-order valence-corrected chi connectivity index (χ4v) is 4.02. The number of aromatic nitrogens is 1. The number of ether oxygens (including phenoxy) is 1. The summed E-state index contributed by atoms with van der Waals surface area (Å²) < 4.78 is 5.41. The molecule has 27 heavy (non-hydrogen) atoms. The van der Waals surface area contributed by atoms with E-state index in [2.05, 4.69) is 10.3 Å². The Labute approximate surface area is 172 Å². The van der Waals surface area contributed by atoms with Gasteiger partial charge in [0.2, 0.25) is 5.91 Å². The quantitative estimate of drug-likeness (QED) is 0.498. The monoisotopic (exact) mass is 420 g/mol. The summed E-state index contributed by atoms with van der Waals surface area (Å²) >= 11 is 13.5. The highest BCUT2D eigenvalue weighted by Crippen LogP contribution is 2.30. The second-order valence-electron chi connectivity index (χ2n) is 5.90. The Hall–Kier alpha value is -1.95. The lowest BCUT2D eigenvalue weighted by atomic mass is 10.1. The van der Waals surface area contributed by atoms with Gasteiger partial charge in [-0.2, -0.15) is 0 Å². The molecule has 140 valence electrons. The van der Waals surface area contributed by atoms with Gasteiger partial charge in [-0.25, -0.2) is 4.98 Å². The van der Waals surface area contributed by atoms with Gasteiger partial charge in [0.1, 0.15) is 11.3 Å². The lowest BCUT2D eigenvalue weighted by Gasteiger charge is -2.10. The predicted octanol–water partition coefficient (Wildman–Crippen LogP) is 5.98. The van der Waals surface area contributed by atoms with E-state index in [0.717, 1.165) is 27.2 Å². The first-order chi connectivity index (χ1) is 13.0. The summed E-state index contributed by atoms with van der Waals surface area (Å²) in [4.78, 5) is 16.8. The second-order valence-corrected chi connectivity index (χ2v) is 7.86. The number of rotatable bonds is 6. The second kappa shape index (κ2) is 8.83. The predicted molar refractivity (Wildman–Crippen MR) is 113 cm³/mol. The first-order valence-electron chi connectivity index (χ1n) is 8.30. The molecule has 0 aliphatic rings. The van der Waals surface area contributed by atoms with E-state index in [1.54, 1.807) is 25.3 Å². The molecule has 1 heterocycles. The van der Waals surface area contributed by atoms with Crippen molar-refractivity contribution in [1.29, 1.82) is 0 Å². The number of anilines is 1. The first-order valence-corrected chi connectivity index (χ1v) is 10.0. The van der Waals surface area contributed by atoms with Gasteiger partial charge in [-0.3, -0.25) is 4.79 Å². The van der Waals surface area contributed by atoms with Gasteiger partial charge < -0.3 is 10.1 Å². The zero-order valence-electron chi connectivity index (χ0n) is 14.9. The minimum Gasteiger partial charge on any atom is -0.494 e. The minimum atomic E-state index is -0.109. The minimum absolute atomic E-state index is 0.109. The number of methoxy groups -OCH3 is 1. The van der Waals surface area contributed by atoms with Crippen LogP contribution in [-0.2, 0) is 4.79 Å². The van der Waals surface area contributed by atoms with Crippen molar-refractivity contribution in [3.63, 3.8) is 0 Å². The molecule has 3 aromatic rings. The topological polar surface area (TPSA) is 51.2 Å². The molecule has 7 heteroatoms. The molecule has 1 aromatic heterocycles. The molecule has 0 unspecified atom stereocenters. The SMILES string of the molecule is COc1cccc2c(C)cc(SCCC(=O)Nc3ccc(Cl)cc3Cl)nc12. The zero-order chi connectivity index (χ0) is 19.4. The Morgan fingerprint density at radius 3 is 2.78 bits per heavy atom. The Balaban J connectivity index is 1.64. The average molecular weight is 421 g/mol. The first kappa shape index (κ1) is 19.8. The third-order valence-electron chi connectivity index (χ3n) is 3.99. The highest BCUT2D eigenvalue weighted by Gasteiger charge is 2.10. The van der Waals surface area contributed by atoms with Crippen molar-refractivity contribution in [2.75, 3.05) is 18.2 Å². The summed E-state index contributed by atoms with van der Waals surface area (Å²) in [6, 6.07) is 12.9. The van der Waals surface area contributed by atoms with Crippen LogP contribution in [0.2, 0.25) is 10.0 Å². The lowest BCUT2D eigenvalue weighted by Crippen LogP contribution is -2.12. The zero-order valence-corrected chi connectivity index (χ0v) is 17.2. The van der Waals surface area contributed by atoms with Crippen molar-refractivity contribution >= 4 is 57.5 Å². The van der Waals surface area contributed by atoms with Crippen molar-refractivity contribution in [3.05, 3.63) is 58.1 Å². The van der Waals surface area contributed by atoms with Gasteiger partial charge in [-0.15, -0.1) is 11.8 Å². The molecule has 0 aliphatic heterocycles. The number of nitrogens with one attached hydrogen (secondary N) is 1. The number of carbonyl (C=O) groups excluding carboxylic acids is 1. The molecule has 0 bridgehead atoms. The summed E-state index contributed by atoms with van der Waals surface area (Å²) in [6.45, 7) is 2.04. The number of thioether (sulfide) groups is 1. The third kappa shape index (κ3) is 4.86. The van der Waals surface area contributed by atoms with Crippen LogP contribution in [0.5, 0.6) is 5.75 Å². The standard InChI is InChI=1S/C20H18Cl2N2O2S/c1-12-10-19(24-20-14(12)4-3-5-17(20)26-2)27-9-8-18(25)23-16-7-6-13(21)11-15(16)22/h3-7,10-11H,8-9H2,1-2H3,(H,23,25). The number of fused-ring (bicyclic) bond motifs is 1. The molecule has 4 nitrogen and oxygen atoms in total. The van der Waals surface area contributed by atoms with Gasteiger partial charge in [0.05, 0.1) is 22.8 Å². The Morgan fingerprint density at radius 2 is 2.04 bits per heavy atom. The molecule has 3 rings (SSSR count). The van der Waals surface area contributed by atoms with Crippen molar-refractivity contribution in [3.8, 4) is 5.75 Å². The Kier molecular flexibility index (Phi) is 6.47. The van der Waals surface area contributed by atoms with Crippen molar-refractivity contribution < 1.29 is 9.53 Å². The number of halogens is 2. The van der Waals surface area contributed by atoms with Gasteiger partial charge in [-0.1, -0.05) is 35.3 Å². The molecule has 0 spiro atoms. The molecule has 0 aliphatic carbocycles. The summed E-state index contributed by atoms with van der Waals surface area (Å²) in [7, 11) is 1.64. The van der Waals surface area contributed by atoms with E-state index < -0.39 is 0 Å². The molecular weight excluding hydrogens is 403 g/mol. The van der Waals surface area contributed by atoms with Crippen molar-refractivity contribution in [1.82, 2.24) is 4.98 Å². The van der Waals surface area contributed by atoms with Gasteiger partial charge >= 0.3 is 0 Å². The van der Waals surface area contributed by atoms with Crippen LogP contribution in [0.25, 0.3) is 10.9 Å². The lowest BCUT2D eigenvalue weighted by molar-refractivity contribution is -0.115. The van der Waals surface area contributed by atoms with E-state index in [1.165, 1.54) is 11.8 Å². The maximum Gasteiger partial charge on any atom is 0.225 e. The number of benzene rings is 2. The number of aryl methyl sites for hydroxylation is 1. The third-order valence-corrected chi connectivity index (χ3v) is 5.45. The van der Waals surface area contributed by atoms with Crippen LogP contribution in [0.3, 0.4) is 0 Å². The molecule has 0 fully saturated rings. The molecular formula is C20H18Cl2N2O2S. The molecule has 0 radical (unpaired) electrons. The smallest absolute Gasteiger partial charge is 0.225 e. The largest absolute Gasteiger partial charge is 0.494 e. The van der Waals surface area contributed by atoms with Crippen LogP contribution >= 0.6 is 35.0 Å². The highest BCUT2D eigenvalue weighted by atomic mass is 35.5. The number of para-hydroxylation sites is 1. The maximum atomic E-state index is 12.2. The number of nitrogens with zero attached hydrogens (tertiary/aromatic N) is 1. The molecule has 0 saturated heterocycles. The number of hydrogen-bond donors (Lipinski definition) is 1. The van der Waals surface area contributed by atoms with Crippen LogP contribution in [0.15, 0.2) is 47.5 Å². The van der Waals surface area contributed by atoms with Crippen LogP contribution in [0.4, 0.5) is 5.69 Å². The van der Waals surface area contributed by atoms with Crippen LogP contribution in [0, 0.1) is 6.92 Å². The van der Waals surface area contributed by atoms with E-state index in [-0.39, 0.29) is 5.91 Å². The Morgan fingerprint density at radius 1 is 1.22 bits per heavy atom. The van der Waals surface area contributed by atoms with Gasteiger partial charge in [-0.05, 0) is 42.8 Å². The van der Waals surface area contributed by atoms with E-state index in [9.17, 15) is 4.79 Å². The molecule has 0 saturated carbocycles. The highest BCUT2D eigenvalue weighted by molar-refractivity contribution is 7.99. The maximum absolute atomic E-state index is 12.2. The van der Waals surface area contributed by atoms with Crippen LogP contribution in [-0.4, -0.2) is 23.8 Å². The summed E-state index contributed by atoms with van der Waals surface area (Å²) in [6.07, 6.45) is 0.342. The molecule has 1 amide bonds. The fourth-order valence-electron chi connectivity index (χ4n) is 2.65. The molecule has 2 aromatic carbocycles. The van der Waals surface area contributed by atoms with E-state index in [4.69, 9.17) is 27.9 Å². The summed E-state index contributed by atoms with van der Waals surface area (Å²) in [5, 5.41) is 5.67. The molecule has 1 N–H and O–H groups in total. The number of carbonyl (C=O) groups is 1.